The summed E-state index contributed by atoms with van der Waals surface area (Å²) < 4.78 is 7.62. The molecule has 17 heavy (non-hydrogen) atoms. The molecule has 1 N–H and O–H groups in total. The Hall–Kier alpha value is -0.800. The van der Waals surface area contributed by atoms with Gasteiger partial charge in [0.25, 0.3) is 0 Å². The Morgan fingerprint density at radius 2 is 2.24 bits per heavy atom. The largest absolute Gasteiger partial charge is 0.381 e. The number of hydrogen-bond acceptors (Lipinski definition) is 2. The molecule has 2 rings (SSSR count). The Bertz CT molecular complexity index is 329. The first-order valence-electron chi connectivity index (χ1n) is 6.75. The van der Waals surface area contributed by atoms with Gasteiger partial charge in [0.05, 0.1) is 0 Å². The van der Waals surface area contributed by atoms with Crippen LogP contribution >= 0.6 is 0 Å². The summed E-state index contributed by atoms with van der Waals surface area (Å²) in [7, 11) is 0. The molecule has 1 atom stereocenters. The number of rotatable bonds is 5. The Morgan fingerprint density at radius 1 is 1.47 bits per heavy atom. The lowest BCUT2D eigenvalue weighted by atomic mass is 9.93. The minimum absolute atomic E-state index is 0.587. The summed E-state index contributed by atoms with van der Waals surface area (Å²) in [4.78, 5) is 0. The summed E-state index contributed by atoms with van der Waals surface area (Å²) in [5, 5.41) is 3.64. The predicted molar refractivity (Wildman–Crippen MR) is 70.0 cm³/mol. The van der Waals surface area contributed by atoms with Crippen molar-refractivity contribution in [1.82, 2.24) is 9.88 Å². The van der Waals surface area contributed by atoms with Gasteiger partial charge in [0.15, 0.2) is 0 Å². The third-order valence-corrected chi connectivity index (χ3v) is 3.78. The van der Waals surface area contributed by atoms with Crippen LogP contribution in [0.2, 0.25) is 0 Å². The zero-order valence-electron chi connectivity index (χ0n) is 11.0. The highest BCUT2D eigenvalue weighted by molar-refractivity contribution is 5.10. The molecule has 1 aromatic heterocycles. The van der Waals surface area contributed by atoms with Crippen molar-refractivity contribution in [3.05, 3.63) is 24.0 Å². The van der Waals surface area contributed by atoms with Crippen molar-refractivity contribution in [1.29, 1.82) is 0 Å². The van der Waals surface area contributed by atoms with Crippen molar-refractivity contribution < 1.29 is 4.74 Å². The molecule has 3 nitrogen and oxygen atoms in total. The Kier molecular flexibility index (Phi) is 4.63. The Morgan fingerprint density at radius 3 is 2.88 bits per heavy atom. The normalized spacial score (nSPS) is 19.4. The summed E-state index contributed by atoms with van der Waals surface area (Å²) >= 11 is 0. The van der Waals surface area contributed by atoms with Crippen molar-refractivity contribution in [2.45, 2.75) is 45.8 Å². The van der Waals surface area contributed by atoms with Gasteiger partial charge < -0.3 is 14.6 Å². The van der Waals surface area contributed by atoms with Crippen LogP contribution in [-0.2, 0) is 17.8 Å². The van der Waals surface area contributed by atoms with Crippen molar-refractivity contribution in [2.24, 2.45) is 5.92 Å². The van der Waals surface area contributed by atoms with Crippen LogP contribution in [0.5, 0.6) is 0 Å². The highest BCUT2D eigenvalue weighted by Gasteiger charge is 2.19. The maximum Gasteiger partial charge on any atom is 0.0469 e. The fourth-order valence-corrected chi connectivity index (χ4v) is 2.45. The van der Waals surface area contributed by atoms with E-state index < -0.39 is 0 Å². The van der Waals surface area contributed by atoms with Crippen LogP contribution in [-0.4, -0.2) is 23.8 Å². The number of nitrogens with one attached hydrogen (secondary N) is 1. The zero-order valence-corrected chi connectivity index (χ0v) is 11.0. The summed E-state index contributed by atoms with van der Waals surface area (Å²) in [5.74, 6) is 0.775. The lowest BCUT2D eigenvalue weighted by molar-refractivity contribution is 0.0558. The minimum atomic E-state index is 0.587. The second-order valence-electron chi connectivity index (χ2n) is 4.97. The van der Waals surface area contributed by atoms with Gasteiger partial charge in [0, 0.05) is 44.7 Å². The molecule has 3 heteroatoms. The van der Waals surface area contributed by atoms with E-state index in [1.165, 1.54) is 18.4 Å². The zero-order chi connectivity index (χ0) is 12.1. The predicted octanol–water partition coefficient (Wildman–Crippen LogP) is 2.41. The SMILES string of the molecule is CCn1ccc(CNC(C)C2CCOCC2)c1. The molecular weight excluding hydrogens is 212 g/mol. The van der Waals surface area contributed by atoms with Gasteiger partial charge in [-0.05, 0) is 44.2 Å². The molecule has 0 aromatic carbocycles. The number of aromatic nitrogens is 1. The third kappa shape index (κ3) is 3.58. The van der Waals surface area contributed by atoms with Gasteiger partial charge in [-0.15, -0.1) is 0 Å². The smallest absolute Gasteiger partial charge is 0.0469 e. The van der Waals surface area contributed by atoms with Crippen LogP contribution in [0.1, 0.15) is 32.3 Å². The summed E-state index contributed by atoms with van der Waals surface area (Å²) in [5.41, 5.74) is 1.38. The van der Waals surface area contributed by atoms with Crippen LogP contribution in [0, 0.1) is 5.92 Å². The van der Waals surface area contributed by atoms with E-state index in [1.54, 1.807) is 0 Å². The van der Waals surface area contributed by atoms with Crippen molar-refractivity contribution in [3.8, 4) is 0 Å². The van der Waals surface area contributed by atoms with Gasteiger partial charge >= 0.3 is 0 Å². The average molecular weight is 236 g/mol. The lowest BCUT2D eigenvalue weighted by Crippen LogP contribution is -2.36. The van der Waals surface area contributed by atoms with E-state index in [0.717, 1.165) is 32.2 Å². The van der Waals surface area contributed by atoms with E-state index in [1.807, 2.05) is 0 Å². The molecule has 0 aliphatic carbocycles. The molecular formula is C14H24N2O. The molecule has 96 valence electrons. The highest BCUT2D eigenvalue weighted by Crippen LogP contribution is 2.18. The molecule has 2 heterocycles. The molecule has 0 saturated carbocycles. The van der Waals surface area contributed by atoms with Crippen molar-refractivity contribution >= 4 is 0 Å². The van der Waals surface area contributed by atoms with Crippen LogP contribution < -0.4 is 5.32 Å². The monoisotopic (exact) mass is 236 g/mol. The highest BCUT2D eigenvalue weighted by atomic mass is 16.5. The average Bonchev–Trinajstić information content (AvgIpc) is 2.85. The molecule has 1 fully saturated rings. The van der Waals surface area contributed by atoms with E-state index in [0.29, 0.717) is 6.04 Å². The van der Waals surface area contributed by atoms with Crippen molar-refractivity contribution in [3.63, 3.8) is 0 Å². The molecule has 1 saturated heterocycles. The van der Waals surface area contributed by atoms with Crippen molar-refractivity contribution in [2.75, 3.05) is 13.2 Å². The summed E-state index contributed by atoms with van der Waals surface area (Å²) in [6.07, 6.45) is 6.77. The quantitative estimate of drug-likeness (QED) is 0.849. The molecule has 0 spiro atoms. The third-order valence-electron chi connectivity index (χ3n) is 3.78. The van der Waals surface area contributed by atoms with Gasteiger partial charge in [0.2, 0.25) is 0 Å². The first-order valence-corrected chi connectivity index (χ1v) is 6.75. The summed E-state index contributed by atoms with van der Waals surface area (Å²) in [6, 6.07) is 2.79. The number of nitrogens with zero attached hydrogens (tertiary/aromatic N) is 1. The molecule has 1 aromatic rings. The minimum Gasteiger partial charge on any atom is -0.381 e. The van der Waals surface area contributed by atoms with E-state index in [4.69, 9.17) is 4.74 Å². The number of aryl methyl sites for hydroxylation is 1. The van der Waals surface area contributed by atoms with Crippen LogP contribution in [0.25, 0.3) is 0 Å². The molecule has 1 aliphatic heterocycles. The van der Waals surface area contributed by atoms with Crippen LogP contribution in [0.3, 0.4) is 0 Å². The standard InChI is InChI=1S/C14H24N2O/c1-3-16-7-4-13(11-16)10-15-12(2)14-5-8-17-9-6-14/h4,7,11-12,14-15H,3,5-6,8-10H2,1-2H3. The molecule has 0 bridgehead atoms. The first-order chi connectivity index (χ1) is 8.29. The first kappa shape index (κ1) is 12.7. The fourth-order valence-electron chi connectivity index (χ4n) is 2.45. The second kappa shape index (κ2) is 6.22. The second-order valence-corrected chi connectivity index (χ2v) is 4.97. The van der Waals surface area contributed by atoms with E-state index in [2.05, 4.69) is 42.2 Å². The van der Waals surface area contributed by atoms with Crippen LogP contribution in [0.4, 0.5) is 0 Å². The molecule has 0 radical (unpaired) electrons. The lowest BCUT2D eigenvalue weighted by Gasteiger charge is -2.28. The molecule has 1 unspecified atom stereocenters. The van der Waals surface area contributed by atoms with Gasteiger partial charge in [-0.25, -0.2) is 0 Å². The Balaban J connectivity index is 1.76. The molecule has 1 aliphatic rings. The van der Waals surface area contributed by atoms with Crippen LogP contribution in [0.15, 0.2) is 18.5 Å². The maximum atomic E-state index is 5.40. The van der Waals surface area contributed by atoms with E-state index in [-0.39, 0.29) is 0 Å². The van der Waals surface area contributed by atoms with Gasteiger partial charge in [-0.2, -0.15) is 0 Å². The van der Waals surface area contributed by atoms with E-state index >= 15 is 0 Å². The maximum absolute atomic E-state index is 5.40. The molecule has 0 amide bonds. The van der Waals surface area contributed by atoms with Gasteiger partial charge in [-0.3, -0.25) is 0 Å². The topological polar surface area (TPSA) is 26.2 Å². The summed E-state index contributed by atoms with van der Waals surface area (Å²) in [6.45, 7) is 8.36. The van der Waals surface area contributed by atoms with Gasteiger partial charge in [-0.1, -0.05) is 0 Å². The number of ether oxygens (including phenoxy) is 1. The fraction of sp³-hybridized carbons (Fsp3) is 0.714. The van der Waals surface area contributed by atoms with E-state index in [9.17, 15) is 0 Å². The number of hydrogen-bond donors (Lipinski definition) is 1. The Labute approximate surface area is 104 Å². The van der Waals surface area contributed by atoms with Gasteiger partial charge in [0.1, 0.15) is 0 Å².